The van der Waals surface area contributed by atoms with Crippen molar-refractivity contribution in [2.45, 2.75) is 12.5 Å². The van der Waals surface area contributed by atoms with Gasteiger partial charge in [-0.25, -0.2) is 0 Å². The number of halogens is 2. The number of piperazine rings is 1. The van der Waals surface area contributed by atoms with E-state index in [9.17, 15) is 5.26 Å². The molecule has 0 bridgehead atoms. The van der Waals surface area contributed by atoms with Gasteiger partial charge in [-0.05, 0) is 6.07 Å². The summed E-state index contributed by atoms with van der Waals surface area (Å²) in [5, 5.41) is 12.6. The van der Waals surface area contributed by atoms with Gasteiger partial charge in [0.1, 0.15) is 5.75 Å². The molecule has 0 spiro atoms. The van der Waals surface area contributed by atoms with Crippen molar-refractivity contribution < 1.29 is 14.2 Å². The van der Waals surface area contributed by atoms with Crippen molar-refractivity contribution in [1.82, 2.24) is 10.2 Å². The molecule has 1 aliphatic rings. The van der Waals surface area contributed by atoms with Crippen LogP contribution in [0.25, 0.3) is 0 Å². The fourth-order valence-corrected chi connectivity index (χ4v) is 2.83. The summed E-state index contributed by atoms with van der Waals surface area (Å²) in [5.41, 5.74) is 0.962. The Bertz CT molecular complexity index is 546. The highest BCUT2D eigenvalue weighted by atomic mass is 35.5. The van der Waals surface area contributed by atoms with Crippen LogP contribution in [0.4, 0.5) is 0 Å². The second-order valence-electron chi connectivity index (χ2n) is 5.11. The van der Waals surface area contributed by atoms with Gasteiger partial charge in [-0.2, -0.15) is 5.26 Å². The first-order valence-corrected chi connectivity index (χ1v) is 7.36. The summed E-state index contributed by atoms with van der Waals surface area (Å²) in [6.45, 7) is 3.67. The summed E-state index contributed by atoms with van der Waals surface area (Å²) in [6, 6.07) is 6.02. The van der Waals surface area contributed by atoms with Gasteiger partial charge >= 0.3 is 0 Å². The van der Waals surface area contributed by atoms with Crippen LogP contribution in [0.5, 0.6) is 17.2 Å². The Kier molecular flexibility index (Phi) is 10.6. The van der Waals surface area contributed by atoms with Crippen molar-refractivity contribution in [3.8, 4) is 23.3 Å². The molecule has 1 heterocycles. The van der Waals surface area contributed by atoms with Crippen molar-refractivity contribution >= 4 is 24.8 Å². The number of benzene rings is 1. The minimum atomic E-state index is -0.0122. The molecule has 1 aromatic rings. The minimum Gasteiger partial charge on any atom is -0.496 e. The summed E-state index contributed by atoms with van der Waals surface area (Å²) in [4.78, 5) is 2.31. The van der Waals surface area contributed by atoms with Gasteiger partial charge in [0.25, 0.3) is 0 Å². The molecule has 0 radical (unpaired) electrons. The van der Waals surface area contributed by atoms with E-state index in [-0.39, 0.29) is 30.9 Å². The van der Waals surface area contributed by atoms with Crippen molar-refractivity contribution in [2.75, 3.05) is 47.5 Å². The van der Waals surface area contributed by atoms with Crippen LogP contribution >= 0.6 is 24.8 Å². The lowest BCUT2D eigenvalue weighted by Gasteiger charge is -2.34. The summed E-state index contributed by atoms with van der Waals surface area (Å²) in [7, 11) is 4.84. The molecule has 1 atom stereocenters. The van der Waals surface area contributed by atoms with E-state index in [0.717, 1.165) is 37.5 Å². The van der Waals surface area contributed by atoms with Crippen LogP contribution in [-0.2, 0) is 0 Å². The third kappa shape index (κ3) is 5.05. The molecule has 136 valence electrons. The molecule has 2 rings (SSSR count). The number of nitrogens with one attached hydrogen (secondary N) is 1. The first-order valence-electron chi connectivity index (χ1n) is 7.36. The number of nitrogens with zero attached hydrogens (tertiary/aromatic N) is 2. The molecule has 0 unspecified atom stereocenters. The number of hydrogen-bond acceptors (Lipinski definition) is 6. The van der Waals surface area contributed by atoms with E-state index in [1.807, 2.05) is 12.1 Å². The molecule has 8 heteroatoms. The lowest BCUT2D eigenvalue weighted by molar-refractivity contribution is 0.172. The zero-order valence-corrected chi connectivity index (χ0v) is 15.8. The first kappa shape index (κ1) is 22.6. The van der Waals surface area contributed by atoms with Gasteiger partial charge in [0.2, 0.25) is 0 Å². The number of hydrogen-bond donors (Lipinski definition) is 1. The van der Waals surface area contributed by atoms with Crippen LogP contribution in [-0.4, -0.2) is 52.4 Å². The number of nitriles is 1. The highest BCUT2D eigenvalue weighted by Crippen LogP contribution is 2.40. The molecule has 0 saturated carbocycles. The fourth-order valence-electron chi connectivity index (χ4n) is 2.83. The zero-order chi connectivity index (χ0) is 15.9. The maximum absolute atomic E-state index is 9.23. The summed E-state index contributed by atoms with van der Waals surface area (Å²) in [5.74, 6) is 1.99. The van der Waals surface area contributed by atoms with Gasteiger partial charge in [0, 0.05) is 37.8 Å². The molecule has 0 aromatic heterocycles. The average molecular weight is 378 g/mol. The lowest BCUT2D eigenvalue weighted by Crippen LogP contribution is -2.45. The van der Waals surface area contributed by atoms with E-state index < -0.39 is 0 Å². The number of methoxy groups -OCH3 is 3. The average Bonchev–Trinajstić information content (AvgIpc) is 2.59. The highest BCUT2D eigenvalue weighted by molar-refractivity contribution is 5.85. The monoisotopic (exact) mass is 377 g/mol. The summed E-state index contributed by atoms with van der Waals surface area (Å²) in [6.07, 6.45) is 0.409. The Hall–Kier alpha value is -1.39. The van der Waals surface area contributed by atoms with Gasteiger partial charge in [-0.3, -0.25) is 4.90 Å². The van der Waals surface area contributed by atoms with E-state index >= 15 is 0 Å². The molecule has 0 aliphatic carbocycles. The van der Waals surface area contributed by atoms with Crippen LogP contribution in [0.2, 0.25) is 0 Å². The minimum absolute atomic E-state index is 0. The second-order valence-corrected chi connectivity index (χ2v) is 5.11. The van der Waals surface area contributed by atoms with E-state index in [1.165, 1.54) is 0 Å². The largest absolute Gasteiger partial charge is 0.496 e. The molecule has 6 nitrogen and oxygen atoms in total. The molecular formula is C16H25Cl2N3O3. The first-order chi connectivity index (χ1) is 10.7. The van der Waals surface area contributed by atoms with E-state index in [1.54, 1.807) is 21.3 Å². The fraction of sp³-hybridized carbons (Fsp3) is 0.562. The summed E-state index contributed by atoms with van der Waals surface area (Å²) >= 11 is 0. The van der Waals surface area contributed by atoms with E-state index in [4.69, 9.17) is 14.2 Å². The topological polar surface area (TPSA) is 66.8 Å². The van der Waals surface area contributed by atoms with Gasteiger partial charge in [0.15, 0.2) is 11.5 Å². The molecule has 1 fully saturated rings. The molecular weight excluding hydrogens is 353 g/mol. The maximum atomic E-state index is 9.23. The van der Waals surface area contributed by atoms with Gasteiger partial charge in [-0.1, -0.05) is 0 Å². The summed E-state index contributed by atoms with van der Waals surface area (Å²) < 4.78 is 16.2. The molecule has 1 saturated heterocycles. The van der Waals surface area contributed by atoms with Crippen molar-refractivity contribution in [3.05, 3.63) is 17.7 Å². The van der Waals surface area contributed by atoms with Gasteiger partial charge in [0.05, 0.1) is 39.9 Å². The Morgan fingerprint density at radius 2 is 1.58 bits per heavy atom. The molecule has 24 heavy (non-hydrogen) atoms. The van der Waals surface area contributed by atoms with Crippen molar-refractivity contribution in [1.29, 1.82) is 5.26 Å². The van der Waals surface area contributed by atoms with Crippen molar-refractivity contribution in [3.63, 3.8) is 0 Å². The predicted molar refractivity (Wildman–Crippen MR) is 98.0 cm³/mol. The Labute approximate surface area is 155 Å². The smallest absolute Gasteiger partial charge is 0.164 e. The third-order valence-electron chi connectivity index (χ3n) is 3.97. The van der Waals surface area contributed by atoms with Crippen LogP contribution in [0.15, 0.2) is 12.1 Å². The maximum Gasteiger partial charge on any atom is 0.164 e. The predicted octanol–water partition coefficient (Wildman–Crippen LogP) is 2.42. The molecule has 0 amide bonds. The Morgan fingerprint density at radius 3 is 2.08 bits per heavy atom. The number of ether oxygens (including phenoxy) is 3. The highest BCUT2D eigenvalue weighted by Gasteiger charge is 2.26. The third-order valence-corrected chi connectivity index (χ3v) is 3.97. The van der Waals surface area contributed by atoms with Gasteiger partial charge in [-0.15, -0.1) is 24.8 Å². The van der Waals surface area contributed by atoms with Crippen LogP contribution in [0.3, 0.4) is 0 Å². The molecule has 1 aromatic carbocycles. The van der Waals surface area contributed by atoms with Crippen LogP contribution in [0.1, 0.15) is 18.0 Å². The van der Waals surface area contributed by atoms with Crippen molar-refractivity contribution in [2.24, 2.45) is 0 Å². The molecule has 1 aliphatic heterocycles. The Balaban J connectivity index is 0.00000264. The zero-order valence-electron chi connectivity index (χ0n) is 14.2. The van der Waals surface area contributed by atoms with E-state index in [2.05, 4.69) is 16.3 Å². The second kappa shape index (κ2) is 11.2. The van der Waals surface area contributed by atoms with E-state index in [0.29, 0.717) is 17.9 Å². The molecule has 1 N–H and O–H groups in total. The Morgan fingerprint density at radius 1 is 1.04 bits per heavy atom. The van der Waals surface area contributed by atoms with Crippen LogP contribution < -0.4 is 19.5 Å². The standard InChI is InChI=1S/C16H23N3O3.2ClH/c1-20-14-11-16(22-3)15(21-2)10-12(14)13(4-5-17)19-8-6-18-7-9-19;;/h10-11,13,18H,4,6-9H2,1-3H3;2*1H/t13-;;/m0../s1. The normalized spacial score (nSPS) is 15.2. The van der Waals surface area contributed by atoms with Gasteiger partial charge < -0.3 is 19.5 Å². The quantitative estimate of drug-likeness (QED) is 0.820. The number of rotatable bonds is 6. The van der Waals surface area contributed by atoms with Crippen LogP contribution in [0, 0.1) is 11.3 Å². The lowest BCUT2D eigenvalue weighted by atomic mass is 9.99. The SMILES string of the molecule is COc1cc(OC)c([C@H](CC#N)N2CCNCC2)cc1OC.Cl.Cl.